The molecule has 12 N–H and O–H groups in total. The maximum atomic E-state index is 15.9. The molecule has 3 aromatic rings. The second-order valence-electron chi connectivity index (χ2n) is 27.2. The fourth-order valence-electron chi connectivity index (χ4n) is 15.2. The van der Waals surface area contributed by atoms with E-state index in [1.54, 1.807) is 126 Å². The van der Waals surface area contributed by atoms with Crippen molar-refractivity contribution in [2.45, 2.75) is 173 Å². The van der Waals surface area contributed by atoms with E-state index in [9.17, 15) is 58.2 Å². The van der Waals surface area contributed by atoms with Crippen LogP contribution in [0, 0.1) is 28.1 Å². The SMILES string of the molecule is CO[C@H]1C[C@H]2OC[C@@]2(CC(C)=O)[C@H]2[C@H](OC(=O)c3ccccc3)[C@]3(O)C[C@H](OC(=O)[C@H](OC(=O)CCCSSC[C@@H]4NC(=O)[C@@H](Cc5ccccc5)NC(=O)[C@H](CC(=O)O)NC(=O)CNC(=O)[C@H](CCCN=C(N)N)NC4=O)[C@@H](NC(C)=O)c4ccccc4)C(C)=C([C@@H](C)C(=O)[C@]12C)C3(C)C. The molecule has 2 aliphatic heterocycles. The van der Waals surface area contributed by atoms with E-state index in [1.165, 1.54) is 31.8 Å². The fourth-order valence-corrected chi connectivity index (χ4v) is 17.4. The number of aliphatic imine (C=N–C) groups is 1. The summed E-state index contributed by atoms with van der Waals surface area (Å²) in [6.07, 6.45) is -7.95. The summed E-state index contributed by atoms with van der Waals surface area (Å²) < 4.78 is 31.7. The standard InChI is InChI=1S/C71H91N9O19S2/c1-38(81)33-70-37-96-51(70)32-50(95-8)69(7)58(70)60(99-65(92)44-24-16-11-17-25-44)71(94)34-49(39(2)55(68(71,5)6)40(3)59(69)87)97-66(93)57(56(76-41(4)82)43-22-14-10-15-23-43)98-54(86)27-19-29-100-101-36-48-64(91)78-45(26-18-28-74-67(72)73)61(88)75-35-52(83)77-47(31-53(84)85)63(90)79-46(62(89)80-48)30-42-20-12-9-13-21-42/h9-17,20-25,40,45-51,56-58,60,94H,18-19,26-37H2,1-8H3,(H,75,88)(H,76,82)(H,77,83)(H,78,91)(H,79,90)(H,80,89)(H,84,85)(H4,72,73,74)/t40-,45+,46-,47+,48+,49+,50+,51-,56+,57-,58+,60+,69-,70-,71-/m1/s1. The number of ether oxygens (including phenoxy) is 5. The number of esters is 3. The molecule has 30 heteroatoms. The van der Waals surface area contributed by atoms with E-state index in [1.807, 2.05) is 0 Å². The van der Waals surface area contributed by atoms with E-state index in [0.717, 1.165) is 10.8 Å². The first-order valence-corrected chi connectivity index (χ1v) is 36.0. The summed E-state index contributed by atoms with van der Waals surface area (Å²) in [5.41, 5.74) is 6.48. The molecule has 0 unspecified atom stereocenters. The Hall–Kier alpha value is -8.71. The molecule has 546 valence electrons. The minimum atomic E-state index is -2.22. The second kappa shape index (κ2) is 33.8. The Labute approximate surface area is 593 Å². The molecule has 6 amide bonds. The number of nitrogens with two attached hydrogens (primary N) is 2. The number of carboxylic acid groups (broad SMARTS) is 1. The Morgan fingerprint density at radius 3 is 2.03 bits per heavy atom. The maximum absolute atomic E-state index is 15.9. The van der Waals surface area contributed by atoms with Crippen LogP contribution in [-0.2, 0) is 82.8 Å². The molecular formula is C71H91N9O19S2. The molecule has 0 spiro atoms. The molecule has 0 aromatic heterocycles. The number of hydrogen-bond acceptors (Lipinski definition) is 21. The van der Waals surface area contributed by atoms with E-state index >= 15 is 9.59 Å². The average molecular weight is 1440 g/mol. The zero-order chi connectivity index (χ0) is 73.7. The van der Waals surface area contributed by atoms with Crippen LogP contribution in [0.15, 0.2) is 107 Å². The number of carbonyl (C=O) groups excluding carboxylic acids is 11. The summed E-state index contributed by atoms with van der Waals surface area (Å²) in [6, 6.07) is 17.5. The van der Waals surface area contributed by atoms with E-state index < -0.39 is 173 Å². The highest BCUT2D eigenvalue weighted by Crippen LogP contribution is 2.68. The smallest absolute Gasteiger partial charge is 0.350 e. The van der Waals surface area contributed by atoms with Gasteiger partial charge in [0.2, 0.25) is 41.5 Å². The van der Waals surface area contributed by atoms with Crippen molar-refractivity contribution >= 4 is 98.4 Å². The highest BCUT2D eigenvalue weighted by atomic mass is 33.1. The Morgan fingerprint density at radius 1 is 0.792 bits per heavy atom. The number of methoxy groups -OCH3 is 1. The Kier molecular flexibility index (Phi) is 26.1. The van der Waals surface area contributed by atoms with Gasteiger partial charge in [-0.2, -0.15) is 0 Å². The molecule has 2 bridgehead atoms. The summed E-state index contributed by atoms with van der Waals surface area (Å²) in [5, 5.41) is 39.2. The first-order valence-electron chi connectivity index (χ1n) is 33.5. The van der Waals surface area contributed by atoms with Gasteiger partial charge in [0, 0.05) is 86.9 Å². The topological polar surface area (TPSA) is 428 Å². The van der Waals surface area contributed by atoms with Crippen LogP contribution in [0.2, 0.25) is 0 Å². The average Bonchev–Trinajstić information content (AvgIpc) is 0.671. The van der Waals surface area contributed by atoms with Crippen LogP contribution < -0.4 is 43.4 Å². The van der Waals surface area contributed by atoms with Crippen LogP contribution in [0.1, 0.15) is 127 Å². The van der Waals surface area contributed by atoms with Crippen LogP contribution in [0.3, 0.4) is 0 Å². The predicted octanol–water partition coefficient (Wildman–Crippen LogP) is 3.02. The van der Waals surface area contributed by atoms with Gasteiger partial charge in [0.05, 0.1) is 42.8 Å². The number of rotatable bonds is 26. The quantitative estimate of drug-likeness (QED) is 0.0105. The van der Waals surface area contributed by atoms with Crippen molar-refractivity contribution in [3.63, 3.8) is 0 Å². The first-order chi connectivity index (χ1) is 47.9. The normalized spacial score (nSPS) is 28.7. The zero-order valence-electron chi connectivity index (χ0n) is 57.7. The van der Waals surface area contributed by atoms with Crippen molar-refractivity contribution < 1.29 is 91.4 Å². The van der Waals surface area contributed by atoms with Gasteiger partial charge in [-0.25, -0.2) is 9.59 Å². The maximum Gasteiger partial charge on any atom is 0.350 e. The molecule has 2 saturated carbocycles. The molecule has 15 atom stereocenters. The molecule has 28 nitrogen and oxygen atoms in total. The fraction of sp³-hybridized carbons (Fsp3) is 0.535. The van der Waals surface area contributed by atoms with Crippen molar-refractivity contribution in [1.29, 1.82) is 0 Å². The Morgan fingerprint density at radius 2 is 1.42 bits per heavy atom. The number of hydrogen-bond donors (Lipinski definition) is 10. The third kappa shape index (κ3) is 18.0. The number of nitrogens with zero attached hydrogens (tertiary/aromatic N) is 1. The third-order valence-corrected chi connectivity index (χ3v) is 22.5. The third-order valence-electron chi connectivity index (χ3n) is 20.0. The Balaban J connectivity index is 1.06. The molecule has 3 aromatic carbocycles. The molecule has 0 radical (unpaired) electrons. The molecular weight excluding hydrogens is 1350 g/mol. The van der Waals surface area contributed by atoms with Crippen molar-refractivity contribution in [3.8, 4) is 0 Å². The summed E-state index contributed by atoms with van der Waals surface area (Å²) in [6.45, 7) is 10.5. The van der Waals surface area contributed by atoms with Crippen molar-refractivity contribution in [3.05, 3.63) is 119 Å². The van der Waals surface area contributed by atoms with Crippen LogP contribution >= 0.6 is 21.6 Å². The van der Waals surface area contributed by atoms with Crippen LogP contribution in [-0.4, -0.2) is 186 Å². The Bertz CT molecular complexity index is 3660. The van der Waals surface area contributed by atoms with Gasteiger partial charge < -0.3 is 82.1 Å². The lowest BCUT2D eigenvalue weighted by Crippen LogP contribution is -2.78. The van der Waals surface area contributed by atoms with Gasteiger partial charge >= 0.3 is 23.9 Å². The van der Waals surface area contributed by atoms with Gasteiger partial charge in [0.25, 0.3) is 0 Å². The van der Waals surface area contributed by atoms with Gasteiger partial charge in [0.1, 0.15) is 59.6 Å². The van der Waals surface area contributed by atoms with E-state index in [0.29, 0.717) is 22.3 Å². The summed E-state index contributed by atoms with van der Waals surface area (Å²) in [7, 11) is 3.73. The van der Waals surface area contributed by atoms with Crippen LogP contribution in [0.5, 0.6) is 0 Å². The number of aliphatic hydroxyl groups is 1. The summed E-state index contributed by atoms with van der Waals surface area (Å²) in [5.74, 6) is -12.4. The van der Waals surface area contributed by atoms with E-state index in [-0.39, 0.29) is 92.7 Å². The van der Waals surface area contributed by atoms with Gasteiger partial charge in [0.15, 0.2) is 5.96 Å². The van der Waals surface area contributed by atoms with Gasteiger partial charge in [-0.05, 0) is 74.4 Å². The highest BCUT2D eigenvalue weighted by molar-refractivity contribution is 8.76. The van der Waals surface area contributed by atoms with Crippen molar-refractivity contribution in [2.24, 2.45) is 44.5 Å². The second-order valence-corrected chi connectivity index (χ2v) is 29.8. The number of nitrogens with one attached hydrogen (secondary N) is 6. The molecule has 2 heterocycles. The first kappa shape index (κ1) is 78.0. The van der Waals surface area contributed by atoms with Crippen molar-refractivity contribution in [2.75, 3.05) is 38.3 Å². The highest BCUT2D eigenvalue weighted by Gasteiger charge is 2.76. The molecule has 101 heavy (non-hydrogen) atoms. The van der Waals surface area contributed by atoms with E-state index in [4.69, 9.17) is 35.2 Å². The molecule has 5 aliphatic rings. The number of carbonyl (C=O) groups is 12. The molecule has 2 saturated heterocycles. The number of ketones is 2. The van der Waals surface area contributed by atoms with Crippen LogP contribution in [0.4, 0.5) is 0 Å². The number of Topliss-reactive ketones (excluding diaryl/α,β-unsaturated/α-hetero) is 2. The van der Waals surface area contributed by atoms with Gasteiger partial charge in [-0.15, -0.1) is 0 Å². The molecule has 8 rings (SSSR count). The lowest BCUT2D eigenvalue weighted by Gasteiger charge is -2.69. The molecule has 4 fully saturated rings. The number of carboxylic acids is 1. The van der Waals surface area contributed by atoms with Gasteiger partial charge in [-0.3, -0.25) is 48.1 Å². The minimum Gasteiger partial charge on any atom is -0.481 e. The summed E-state index contributed by atoms with van der Waals surface area (Å²) >= 11 is 0. The van der Waals surface area contributed by atoms with Gasteiger partial charge in [-0.1, -0.05) is 121 Å². The van der Waals surface area contributed by atoms with Crippen molar-refractivity contribution in [1.82, 2.24) is 31.9 Å². The predicted molar refractivity (Wildman–Crippen MR) is 370 cm³/mol. The lowest BCUT2D eigenvalue weighted by molar-refractivity contribution is -0.320. The number of fused-ring (bicyclic) bond motifs is 5. The minimum absolute atomic E-state index is 0.0160. The van der Waals surface area contributed by atoms with Crippen LogP contribution in [0.25, 0.3) is 0 Å². The largest absolute Gasteiger partial charge is 0.481 e. The number of amides is 6. The van der Waals surface area contributed by atoms with E-state index in [2.05, 4.69) is 36.9 Å². The number of benzene rings is 3. The molecule has 3 aliphatic carbocycles. The zero-order valence-corrected chi connectivity index (χ0v) is 59.4. The summed E-state index contributed by atoms with van der Waals surface area (Å²) in [4.78, 5) is 172. The number of guanidine groups is 1. The lowest BCUT2D eigenvalue weighted by atomic mass is 9.40. The number of aliphatic carboxylic acids is 1. The monoisotopic (exact) mass is 1440 g/mol.